The Labute approximate surface area is 191 Å². The van der Waals surface area contributed by atoms with E-state index >= 15 is 0 Å². The fraction of sp³-hybridized carbons (Fsp3) is 0.450. The molecule has 0 unspecified atom stereocenters. The first kappa shape index (κ1) is 22.7. The van der Waals surface area contributed by atoms with Crippen LogP contribution in [0.3, 0.4) is 0 Å². The van der Waals surface area contributed by atoms with E-state index in [4.69, 9.17) is 0 Å². The average molecular weight is 483 g/mol. The van der Waals surface area contributed by atoms with E-state index in [1.54, 1.807) is 5.38 Å². The Morgan fingerprint density at radius 1 is 1.28 bits per heavy atom. The first-order valence-electron chi connectivity index (χ1n) is 10.2. The molecular weight excluding hydrogens is 461 g/mol. The first-order chi connectivity index (χ1) is 15.3. The normalized spacial score (nSPS) is 15.1. The number of halogens is 3. The van der Waals surface area contributed by atoms with E-state index in [0.29, 0.717) is 27.8 Å². The zero-order valence-corrected chi connectivity index (χ0v) is 18.9. The number of hydrogen-bond acceptors (Lipinski definition) is 7. The third-order valence-corrected chi connectivity index (χ3v) is 7.05. The Morgan fingerprint density at radius 3 is 2.78 bits per heavy atom. The maximum Gasteiger partial charge on any atom is 0.416 e. The molecule has 0 bridgehead atoms. The van der Waals surface area contributed by atoms with Gasteiger partial charge < -0.3 is 0 Å². The van der Waals surface area contributed by atoms with E-state index in [1.807, 2.05) is 4.68 Å². The summed E-state index contributed by atoms with van der Waals surface area (Å²) in [5.74, 6) is 0.0666. The maximum atomic E-state index is 13.1. The number of thiazole rings is 1. The number of rotatable bonds is 6. The van der Waals surface area contributed by atoms with Crippen molar-refractivity contribution in [2.45, 2.75) is 62.2 Å². The Hall–Kier alpha value is -2.47. The summed E-state index contributed by atoms with van der Waals surface area (Å²) >= 11 is 2.66. The summed E-state index contributed by atoms with van der Waals surface area (Å²) in [6, 6.07) is 4.98. The van der Waals surface area contributed by atoms with Gasteiger partial charge in [0.25, 0.3) is 0 Å². The molecular formula is C20H21F3N6OS2. The van der Waals surface area contributed by atoms with Crippen molar-refractivity contribution in [3.63, 3.8) is 0 Å². The van der Waals surface area contributed by atoms with E-state index in [-0.39, 0.29) is 5.69 Å². The highest BCUT2D eigenvalue weighted by molar-refractivity contribution is 7.98. The van der Waals surface area contributed by atoms with E-state index in [9.17, 15) is 18.0 Å². The van der Waals surface area contributed by atoms with Gasteiger partial charge in [-0.25, -0.2) is 9.67 Å². The Bertz CT molecular complexity index is 1080. The molecule has 1 saturated carbocycles. The van der Waals surface area contributed by atoms with Crippen molar-refractivity contribution in [3.05, 3.63) is 40.9 Å². The second-order valence-corrected chi connectivity index (χ2v) is 9.29. The zero-order chi connectivity index (χ0) is 22.7. The standard InChI is InChI=1S/C20H21F3N6OS2/c1-13(30)28(17-9-5-6-14(10-17)20(21,22)23)18-24-15(11-31-18)12-32-19-25-26-27-29(19)16-7-3-2-4-8-16/h5-6,9-11,16H,2-4,7-8,12H2,1H3. The van der Waals surface area contributed by atoms with Crippen LogP contribution in [-0.4, -0.2) is 31.1 Å². The number of thioether (sulfide) groups is 1. The summed E-state index contributed by atoms with van der Waals surface area (Å²) in [4.78, 5) is 17.9. The van der Waals surface area contributed by atoms with Crippen molar-refractivity contribution in [3.8, 4) is 0 Å². The van der Waals surface area contributed by atoms with E-state index in [1.165, 1.54) is 66.3 Å². The van der Waals surface area contributed by atoms with Crippen molar-refractivity contribution in [1.29, 1.82) is 0 Å². The van der Waals surface area contributed by atoms with Crippen LogP contribution in [0.5, 0.6) is 0 Å². The summed E-state index contributed by atoms with van der Waals surface area (Å²) < 4.78 is 41.2. The number of carbonyl (C=O) groups is 1. The van der Waals surface area contributed by atoms with E-state index in [2.05, 4.69) is 20.5 Å². The lowest BCUT2D eigenvalue weighted by Gasteiger charge is -2.21. The summed E-state index contributed by atoms with van der Waals surface area (Å²) in [5, 5.41) is 14.9. The lowest BCUT2D eigenvalue weighted by molar-refractivity contribution is -0.137. The predicted molar refractivity (Wildman–Crippen MR) is 116 cm³/mol. The van der Waals surface area contributed by atoms with Crippen molar-refractivity contribution in [2.24, 2.45) is 0 Å². The molecule has 0 N–H and O–H groups in total. The molecule has 1 aliphatic carbocycles. The maximum absolute atomic E-state index is 13.1. The molecule has 170 valence electrons. The van der Waals surface area contributed by atoms with Crippen molar-refractivity contribution < 1.29 is 18.0 Å². The first-order valence-corrected chi connectivity index (χ1v) is 12.0. The van der Waals surface area contributed by atoms with Crippen LogP contribution in [0.2, 0.25) is 0 Å². The zero-order valence-electron chi connectivity index (χ0n) is 17.2. The lowest BCUT2D eigenvalue weighted by atomic mass is 9.96. The number of nitrogens with zero attached hydrogens (tertiary/aromatic N) is 6. The lowest BCUT2D eigenvalue weighted by Crippen LogP contribution is -2.23. The quantitative estimate of drug-likeness (QED) is 0.424. The molecule has 2 heterocycles. The molecule has 0 atom stereocenters. The van der Waals surface area contributed by atoms with Gasteiger partial charge in [-0.05, 0) is 41.5 Å². The topological polar surface area (TPSA) is 76.8 Å². The van der Waals surface area contributed by atoms with Gasteiger partial charge in [-0.3, -0.25) is 9.69 Å². The number of tetrazole rings is 1. The highest BCUT2D eigenvalue weighted by atomic mass is 32.2. The predicted octanol–water partition coefficient (Wildman–Crippen LogP) is 5.63. The monoisotopic (exact) mass is 482 g/mol. The van der Waals surface area contributed by atoms with Gasteiger partial charge in [0.15, 0.2) is 5.13 Å². The molecule has 4 rings (SSSR count). The van der Waals surface area contributed by atoms with Crippen LogP contribution >= 0.6 is 23.1 Å². The fourth-order valence-corrected chi connectivity index (χ4v) is 5.52. The molecule has 2 aromatic heterocycles. The van der Waals surface area contributed by atoms with Crippen LogP contribution in [0.1, 0.15) is 56.3 Å². The molecule has 0 radical (unpaired) electrons. The van der Waals surface area contributed by atoms with Crippen LogP contribution < -0.4 is 4.90 Å². The van der Waals surface area contributed by atoms with Gasteiger partial charge in [-0.1, -0.05) is 37.1 Å². The molecule has 12 heteroatoms. The van der Waals surface area contributed by atoms with Crippen LogP contribution in [0.15, 0.2) is 34.8 Å². The summed E-state index contributed by atoms with van der Waals surface area (Å²) in [7, 11) is 0. The minimum Gasteiger partial charge on any atom is -0.274 e. The van der Waals surface area contributed by atoms with Gasteiger partial charge in [0.05, 0.1) is 23.0 Å². The Balaban J connectivity index is 1.49. The molecule has 0 spiro atoms. The molecule has 1 aliphatic rings. The fourth-order valence-electron chi connectivity index (χ4n) is 3.69. The number of amides is 1. The number of carbonyl (C=O) groups excluding carboxylic acids is 1. The SMILES string of the molecule is CC(=O)N(c1cccc(C(F)(F)F)c1)c1nc(CSc2nnnn2C2CCCCC2)cs1. The molecule has 0 aliphatic heterocycles. The van der Waals surface area contributed by atoms with Crippen LogP contribution in [0, 0.1) is 0 Å². The number of benzene rings is 1. The smallest absolute Gasteiger partial charge is 0.274 e. The van der Waals surface area contributed by atoms with Gasteiger partial charge >= 0.3 is 6.18 Å². The largest absolute Gasteiger partial charge is 0.416 e. The van der Waals surface area contributed by atoms with Gasteiger partial charge in [0.1, 0.15) is 0 Å². The van der Waals surface area contributed by atoms with E-state index in [0.717, 1.165) is 25.0 Å². The van der Waals surface area contributed by atoms with Gasteiger partial charge in [0, 0.05) is 18.1 Å². The Morgan fingerprint density at radius 2 is 2.06 bits per heavy atom. The van der Waals surface area contributed by atoms with Crippen LogP contribution in [0.25, 0.3) is 0 Å². The minimum atomic E-state index is -4.49. The van der Waals surface area contributed by atoms with Gasteiger partial charge in [-0.2, -0.15) is 13.2 Å². The highest BCUT2D eigenvalue weighted by Gasteiger charge is 2.31. The third kappa shape index (κ3) is 5.12. The number of anilines is 2. The summed E-state index contributed by atoms with van der Waals surface area (Å²) in [5.41, 5.74) is 0.0108. The highest BCUT2D eigenvalue weighted by Crippen LogP contribution is 2.36. The molecule has 1 amide bonds. The molecule has 3 aromatic rings. The van der Waals surface area contributed by atoms with Crippen LogP contribution in [-0.2, 0) is 16.7 Å². The third-order valence-electron chi connectivity index (χ3n) is 5.21. The second-order valence-electron chi connectivity index (χ2n) is 7.51. The Kier molecular flexibility index (Phi) is 6.79. The van der Waals surface area contributed by atoms with E-state index < -0.39 is 17.6 Å². The van der Waals surface area contributed by atoms with Gasteiger partial charge in [0.2, 0.25) is 11.1 Å². The second kappa shape index (κ2) is 9.57. The number of alkyl halides is 3. The minimum absolute atomic E-state index is 0.127. The van der Waals surface area contributed by atoms with Crippen LogP contribution in [0.4, 0.5) is 24.0 Å². The van der Waals surface area contributed by atoms with Crippen molar-refractivity contribution in [2.75, 3.05) is 4.90 Å². The molecule has 0 saturated heterocycles. The summed E-state index contributed by atoms with van der Waals surface area (Å²) in [6.45, 7) is 1.30. The summed E-state index contributed by atoms with van der Waals surface area (Å²) in [6.07, 6.45) is 1.20. The molecule has 1 aromatic carbocycles. The molecule has 7 nitrogen and oxygen atoms in total. The van der Waals surface area contributed by atoms with Gasteiger partial charge in [-0.15, -0.1) is 16.4 Å². The number of aromatic nitrogens is 5. The average Bonchev–Trinajstić information content (AvgIpc) is 3.42. The van der Waals surface area contributed by atoms with Crippen molar-refractivity contribution >= 4 is 39.8 Å². The molecule has 1 fully saturated rings. The number of hydrogen-bond donors (Lipinski definition) is 0. The molecule has 32 heavy (non-hydrogen) atoms. The van der Waals surface area contributed by atoms with Crippen molar-refractivity contribution in [1.82, 2.24) is 25.2 Å².